The molecular formula is C32H19N3O12. The van der Waals surface area contributed by atoms with Crippen LogP contribution in [0.2, 0.25) is 0 Å². The fourth-order valence-corrected chi connectivity index (χ4v) is 4.68. The van der Waals surface area contributed by atoms with Crippen molar-refractivity contribution in [2.75, 3.05) is 15.5 Å². The highest BCUT2D eigenvalue weighted by Gasteiger charge is 2.37. The number of carboxylic acids is 4. The van der Waals surface area contributed by atoms with Gasteiger partial charge in [-0.2, -0.15) is 0 Å². The Hall–Kier alpha value is -7.16. The number of imide groups is 1. The normalized spacial score (nSPS) is 11.9. The largest absolute Gasteiger partial charge is 0.478 e. The number of fused-ring (bicyclic) bond motifs is 1. The molecule has 0 fully saturated rings. The number of rotatable bonds is 9. The zero-order valence-corrected chi connectivity index (χ0v) is 23.5. The molecule has 1 heterocycles. The summed E-state index contributed by atoms with van der Waals surface area (Å²) in [6.45, 7) is 0. The Morgan fingerprint density at radius 2 is 0.830 bits per heavy atom. The van der Waals surface area contributed by atoms with Crippen molar-refractivity contribution in [2.45, 2.75) is 0 Å². The molecular weight excluding hydrogens is 618 g/mol. The van der Waals surface area contributed by atoms with Crippen LogP contribution in [0.3, 0.4) is 0 Å². The quantitative estimate of drug-likeness (QED) is 0.144. The van der Waals surface area contributed by atoms with E-state index in [1.807, 2.05) is 0 Å². The van der Waals surface area contributed by atoms with Gasteiger partial charge >= 0.3 is 23.9 Å². The third-order valence-electron chi connectivity index (χ3n) is 6.91. The molecule has 0 saturated heterocycles. The first kappa shape index (κ1) is 31.3. The fraction of sp³-hybridized carbons (Fsp3) is 0. The number of hydrogen-bond acceptors (Lipinski definition) is 8. The van der Waals surface area contributed by atoms with Gasteiger partial charge in [0.05, 0.1) is 39.1 Å². The van der Waals surface area contributed by atoms with Crippen LogP contribution in [0.5, 0.6) is 0 Å². The summed E-state index contributed by atoms with van der Waals surface area (Å²) in [5, 5.41) is 41.8. The second-order valence-electron chi connectivity index (χ2n) is 9.98. The number of carbonyl (C=O) groups is 8. The van der Waals surface area contributed by atoms with E-state index in [9.17, 15) is 58.8 Å². The van der Waals surface area contributed by atoms with Gasteiger partial charge in [0.2, 0.25) is 0 Å². The van der Waals surface area contributed by atoms with E-state index in [0.717, 1.165) is 47.4 Å². The molecule has 5 rings (SSSR count). The smallest absolute Gasteiger partial charge is 0.335 e. The number of aromatic carboxylic acids is 4. The molecule has 0 unspecified atom stereocenters. The molecule has 0 aliphatic carbocycles. The number of benzene rings is 4. The van der Waals surface area contributed by atoms with Crippen molar-refractivity contribution in [1.29, 1.82) is 0 Å². The summed E-state index contributed by atoms with van der Waals surface area (Å²) in [6, 6.07) is 14.9. The third kappa shape index (κ3) is 6.25. The Bertz CT molecular complexity index is 2020. The van der Waals surface area contributed by atoms with Crippen molar-refractivity contribution in [3.63, 3.8) is 0 Å². The fourth-order valence-electron chi connectivity index (χ4n) is 4.68. The Labute approximate surface area is 262 Å². The summed E-state index contributed by atoms with van der Waals surface area (Å²) in [5.74, 6) is -8.70. The summed E-state index contributed by atoms with van der Waals surface area (Å²) in [6.07, 6.45) is 0. The van der Waals surface area contributed by atoms with Crippen molar-refractivity contribution in [1.82, 2.24) is 0 Å². The second-order valence-corrected chi connectivity index (χ2v) is 9.98. The number of hydrogen-bond donors (Lipinski definition) is 6. The van der Waals surface area contributed by atoms with Crippen LogP contribution in [0, 0.1) is 0 Å². The standard InChI is InChI=1S/C32H19N3O12/c36-25(33-20-9-16(29(40)41)7-17(10-20)30(42)43)14-1-4-22(5-2-14)35-27(38)23-6-3-15(13-24(23)28(35)39)26(37)34-21-11-18(31(44)45)8-19(12-21)32(46)47/h1-13H,(H,33,36)(H,34,37)(H,40,41)(H,42,43)(H,44,45)(H,46,47). The summed E-state index contributed by atoms with van der Waals surface area (Å²) in [5.41, 5.74) is -1.83. The van der Waals surface area contributed by atoms with Crippen LogP contribution in [0.25, 0.3) is 0 Å². The lowest BCUT2D eigenvalue weighted by Crippen LogP contribution is -2.29. The molecule has 0 aromatic heterocycles. The van der Waals surface area contributed by atoms with Gasteiger partial charge in [-0.15, -0.1) is 0 Å². The van der Waals surface area contributed by atoms with Gasteiger partial charge in [-0.3, -0.25) is 19.2 Å². The zero-order valence-electron chi connectivity index (χ0n) is 23.5. The topological polar surface area (TPSA) is 245 Å². The first-order valence-corrected chi connectivity index (χ1v) is 13.2. The molecule has 1 aliphatic heterocycles. The van der Waals surface area contributed by atoms with Crippen molar-refractivity contribution in [2.24, 2.45) is 0 Å². The van der Waals surface area contributed by atoms with Crippen LogP contribution in [-0.2, 0) is 0 Å². The molecule has 0 atom stereocenters. The van der Waals surface area contributed by atoms with Gasteiger partial charge in [-0.25, -0.2) is 24.1 Å². The molecule has 47 heavy (non-hydrogen) atoms. The number of nitrogens with zero attached hydrogens (tertiary/aromatic N) is 1. The van der Waals surface area contributed by atoms with E-state index in [4.69, 9.17) is 0 Å². The Morgan fingerprint density at radius 1 is 0.447 bits per heavy atom. The number of carbonyl (C=O) groups excluding carboxylic acids is 4. The highest BCUT2D eigenvalue weighted by molar-refractivity contribution is 6.35. The van der Waals surface area contributed by atoms with Gasteiger partial charge in [-0.05, 0) is 78.9 Å². The van der Waals surface area contributed by atoms with Crippen molar-refractivity contribution in [3.05, 3.63) is 123 Å². The summed E-state index contributed by atoms with van der Waals surface area (Å²) >= 11 is 0. The van der Waals surface area contributed by atoms with Gasteiger partial charge in [-0.1, -0.05) is 0 Å². The maximum atomic E-state index is 13.3. The van der Waals surface area contributed by atoms with E-state index in [0.29, 0.717) is 0 Å². The minimum Gasteiger partial charge on any atom is -0.478 e. The van der Waals surface area contributed by atoms with Crippen molar-refractivity contribution in [3.8, 4) is 0 Å². The highest BCUT2D eigenvalue weighted by atomic mass is 16.4. The molecule has 4 aromatic rings. The maximum absolute atomic E-state index is 13.3. The summed E-state index contributed by atoms with van der Waals surface area (Å²) < 4.78 is 0. The van der Waals surface area contributed by atoms with E-state index in [2.05, 4.69) is 10.6 Å². The maximum Gasteiger partial charge on any atom is 0.335 e. The average molecular weight is 638 g/mol. The van der Waals surface area contributed by atoms with E-state index in [1.54, 1.807) is 0 Å². The number of amides is 4. The zero-order chi connectivity index (χ0) is 34.2. The molecule has 6 N–H and O–H groups in total. The third-order valence-corrected chi connectivity index (χ3v) is 6.91. The van der Waals surface area contributed by atoms with Crippen LogP contribution in [0.1, 0.15) is 82.9 Å². The van der Waals surface area contributed by atoms with Gasteiger partial charge < -0.3 is 31.1 Å². The number of carboxylic acid groups (broad SMARTS) is 4. The van der Waals surface area contributed by atoms with Crippen LogP contribution in [0.4, 0.5) is 17.1 Å². The first-order valence-electron chi connectivity index (χ1n) is 13.2. The molecule has 1 aliphatic rings. The summed E-state index contributed by atoms with van der Waals surface area (Å²) in [4.78, 5) is 98.4. The van der Waals surface area contributed by atoms with Crippen LogP contribution in [-0.4, -0.2) is 67.9 Å². The Kier molecular flexibility index (Phi) is 8.04. The molecule has 4 aromatic carbocycles. The lowest BCUT2D eigenvalue weighted by atomic mass is 10.0. The number of anilines is 3. The minimum absolute atomic E-state index is 0.0260. The molecule has 0 saturated carbocycles. The van der Waals surface area contributed by atoms with Gasteiger partial charge in [0, 0.05) is 22.5 Å². The van der Waals surface area contributed by atoms with Crippen molar-refractivity contribution < 1.29 is 58.8 Å². The van der Waals surface area contributed by atoms with E-state index in [1.165, 1.54) is 36.4 Å². The predicted molar refractivity (Wildman–Crippen MR) is 161 cm³/mol. The lowest BCUT2D eigenvalue weighted by Gasteiger charge is -2.14. The molecule has 4 amide bonds. The Morgan fingerprint density at radius 3 is 1.26 bits per heavy atom. The SMILES string of the molecule is O=C(O)c1cc(NC(=O)c2ccc(N3C(=O)c4ccc(C(=O)Nc5cc(C(=O)O)cc(C(=O)O)c5)cc4C3=O)cc2)cc(C(=O)O)c1. The molecule has 0 radical (unpaired) electrons. The minimum atomic E-state index is -1.42. The van der Waals surface area contributed by atoms with Crippen molar-refractivity contribution >= 4 is 64.6 Å². The average Bonchev–Trinajstić information content (AvgIpc) is 3.29. The van der Waals surface area contributed by atoms with E-state index < -0.39 is 47.5 Å². The Balaban J connectivity index is 1.34. The van der Waals surface area contributed by atoms with Crippen LogP contribution in [0.15, 0.2) is 78.9 Å². The summed E-state index contributed by atoms with van der Waals surface area (Å²) in [7, 11) is 0. The monoisotopic (exact) mass is 637 g/mol. The predicted octanol–water partition coefficient (Wildman–Crippen LogP) is 3.78. The number of nitrogens with one attached hydrogen (secondary N) is 2. The van der Waals surface area contributed by atoms with Crippen LogP contribution < -0.4 is 15.5 Å². The first-order chi connectivity index (χ1) is 22.2. The molecule has 15 nitrogen and oxygen atoms in total. The van der Waals surface area contributed by atoms with Crippen LogP contribution >= 0.6 is 0 Å². The molecule has 0 bridgehead atoms. The highest BCUT2D eigenvalue weighted by Crippen LogP contribution is 2.30. The molecule has 234 valence electrons. The second kappa shape index (κ2) is 12.1. The van der Waals surface area contributed by atoms with E-state index in [-0.39, 0.29) is 61.6 Å². The van der Waals surface area contributed by atoms with Gasteiger partial charge in [0.15, 0.2) is 0 Å². The lowest BCUT2D eigenvalue weighted by molar-refractivity contribution is 0.0676. The van der Waals surface area contributed by atoms with Gasteiger partial charge in [0.25, 0.3) is 23.6 Å². The molecule has 15 heteroatoms. The molecule has 0 spiro atoms. The van der Waals surface area contributed by atoms with Gasteiger partial charge in [0.1, 0.15) is 0 Å². The van der Waals surface area contributed by atoms with E-state index >= 15 is 0 Å².